The van der Waals surface area contributed by atoms with Gasteiger partial charge in [-0.1, -0.05) is 19.9 Å². The average Bonchev–Trinajstić information content (AvgIpc) is 2.82. The van der Waals surface area contributed by atoms with Crippen molar-refractivity contribution in [3.8, 4) is 5.75 Å². The standard InChI is InChI=1S/C23H29F2N5O3S/c1-4-30(5-2)13-7-12-26-23(34)29-28-21(31)16-11-10-15(14-19(16)33-3)27-22(32)20-17(24)8-6-9-18(20)25/h6,8-11,14H,4-5,7,12-13H2,1-3H3,(H,27,32)(H,28,31)(H2,26,29,34). The first-order valence-electron chi connectivity index (χ1n) is 10.8. The molecule has 0 spiro atoms. The van der Waals surface area contributed by atoms with E-state index in [0.717, 1.165) is 38.2 Å². The third kappa shape index (κ3) is 7.63. The topological polar surface area (TPSA) is 94.7 Å². The first-order chi connectivity index (χ1) is 16.3. The number of hydrogen-bond acceptors (Lipinski definition) is 5. The highest BCUT2D eigenvalue weighted by atomic mass is 32.1. The van der Waals surface area contributed by atoms with Crippen molar-refractivity contribution in [3.63, 3.8) is 0 Å². The minimum atomic E-state index is -0.982. The number of carbonyl (C=O) groups is 2. The summed E-state index contributed by atoms with van der Waals surface area (Å²) in [6, 6.07) is 7.34. The van der Waals surface area contributed by atoms with Crippen LogP contribution in [0.5, 0.6) is 5.75 Å². The molecule has 0 saturated heterocycles. The van der Waals surface area contributed by atoms with Gasteiger partial charge in [-0.05, 0) is 62.5 Å². The lowest BCUT2D eigenvalue weighted by molar-refractivity contribution is 0.0940. The molecular formula is C23H29F2N5O3S. The lowest BCUT2D eigenvalue weighted by Gasteiger charge is -2.18. The molecule has 0 bridgehead atoms. The molecule has 0 heterocycles. The molecule has 34 heavy (non-hydrogen) atoms. The lowest BCUT2D eigenvalue weighted by atomic mass is 10.1. The molecule has 0 radical (unpaired) electrons. The number of hydrazine groups is 1. The predicted octanol–water partition coefficient (Wildman–Crippen LogP) is 3.07. The number of benzene rings is 2. The minimum absolute atomic E-state index is 0.143. The molecule has 0 aliphatic rings. The quantitative estimate of drug-likeness (QED) is 0.230. The van der Waals surface area contributed by atoms with Crippen LogP contribution in [-0.4, -0.2) is 55.1 Å². The van der Waals surface area contributed by atoms with E-state index in [2.05, 4.69) is 40.2 Å². The van der Waals surface area contributed by atoms with Crippen molar-refractivity contribution in [3.05, 3.63) is 59.2 Å². The van der Waals surface area contributed by atoms with Crippen molar-refractivity contribution in [1.82, 2.24) is 21.1 Å². The highest BCUT2D eigenvalue weighted by molar-refractivity contribution is 7.80. The summed E-state index contributed by atoms with van der Waals surface area (Å²) in [4.78, 5) is 27.1. The van der Waals surface area contributed by atoms with Crippen LogP contribution < -0.4 is 26.2 Å². The maximum absolute atomic E-state index is 13.8. The van der Waals surface area contributed by atoms with Crippen LogP contribution in [0.2, 0.25) is 0 Å². The summed E-state index contributed by atoms with van der Waals surface area (Å²) in [7, 11) is 1.35. The van der Waals surface area contributed by atoms with Gasteiger partial charge >= 0.3 is 0 Å². The highest BCUT2D eigenvalue weighted by Crippen LogP contribution is 2.24. The SMILES string of the molecule is CCN(CC)CCCNC(=S)NNC(=O)c1ccc(NC(=O)c2c(F)cccc2F)cc1OC. The summed E-state index contributed by atoms with van der Waals surface area (Å²) < 4.78 is 32.9. The van der Waals surface area contributed by atoms with Crippen LogP contribution >= 0.6 is 12.2 Å². The van der Waals surface area contributed by atoms with Crippen molar-refractivity contribution in [2.45, 2.75) is 20.3 Å². The van der Waals surface area contributed by atoms with Gasteiger partial charge in [0.05, 0.1) is 12.7 Å². The van der Waals surface area contributed by atoms with Gasteiger partial charge in [0.15, 0.2) is 5.11 Å². The smallest absolute Gasteiger partial charge is 0.273 e. The molecule has 0 unspecified atom stereocenters. The summed E-state index contributed by atoms with van der Waals surface area (Å²) >= 11 is 5.16. The zero-order chi connectivity index (χ0) is 25.1. The number of halogens is 2. The largest absolute Gasteiger partial charge is 0.496 e. The minimum Gasteiger partial charge on any atom is -0.496 e. The van der Waals surface area contributed by atoms with Crippen LogP contribution in [0.4, 0.5) is 14.5 Å². The van der Waals surface area contributed by atoms with Crippen LogP contribution in [0.3, 0.4) is 0 Å². The number of thiocarbonyl (C=S) groups is 1. The second-order valence-electron chi connectivity index (χ2n) is 7.18. The van der Waals surface area contributed by atoms with E-state index in [9.17, 15) is 18.4 Å². The zero-order valence-corrected chi connectivity index (χ0v) is 20.2. The maximum Gasteiger partial charge on any atom is 0.273 e. The van der Waals surface area contributed by atoms with Crippen molar-refractivity contribution in [1.29, 1.82) is 0 Å². The molecule has 0 aromatic heterocycles. The van der Waals surface area contributed by atoms with E-state index < -0.39 is 29.0 Å². The molecule has 184 valence electrons. The van der Waals surface area contributed by atoms with E-state index in [1.807, 2.05) is 0 Å². The molecule has 2 aromatic rings. The van der Waals surface area contributed by atoms with Gasteiger partial charge in [-0.25, -0.2) is 8.78 Å². The Kier molecular flexibility index (Phi) is 10.6. The highest BCUT2D eigenvalue weighted by Gasteiger charge is 2.19. The summed E-state index contributed by atoms with van der Waals surface area (Å²) in [5, 5.41) is 5.68. The number of amides is 2. The van der Waals surface area contributed by atoms with Crippen molar-refractivity contribution in [2.75, 3.05) is 38.6 Å². The first-order valence-corrected chi connectivity index (χ1v) is 11.2. The van der Waals surface area contributed by atoms with E-state index >= 15 is 0 Å². The Morgan fingerprint density at radius 2 is 1.71 bits per heavy atom. The van der Waals surface area contributed by atoms with Crippen molar-refractivity contribution < 1.29 is 23.1 Å². The summed E-state index contributed by atoms with van der Waals surface area (Å²) in [6.45, 7) is 7.78. The Morgan fingerprint density at radius 3 is 2.32 bits per heavy atom. The molecular weight excluding hydrogens is 464 g/mol. The van der Waals surface area contributed by atoms with Crippen LogP contribution in [0.1, 0.15) is 41.0 Å². The van der Waals surface area contributed by atoms with Gasteiger partial charge in [0.1, 0.15) is 22.9 Å². The number of carbonyl (C=O) groups excluding carboxylic acids is 2. The Labute approximate surface area is 203 Å². The number of ether oxygens (including phenoxy) is 1. The molecule has 0 fully saturated rings. The normalized spacial score (nSPS) is 10.5. The third-order valence-electron chi connectivity index (χ3n) is 5.01. The van der Waals surface area contributed by atoms with Gasteiger partial charge in [-0.15, -0.1) is 0 Å². The van der Waals surface area contributed by atoms with Crippen molar-refractivity contribution >= 4 is 34.8 Å². The van der Waals surface area contributed by atoms with Gasteiger partial charge in [0.2, 0.25) is 0 Å². The van der Waals surface area contributed by atoms with Gasteiger partial charge in [-0.3, -0.25) is 20.4 Å². The van der Waals surface area contributed by atoms with Crippen LogP contribution in [0, 0.1) is 11.6 Å². The number of nitrogens with zero attached hydrogens (tertiary/aromatic N) is 1. The Morgan fingerprint density at radius 1 is 1.03 bits per heavy atom. The predicted molar refractivity (Wildman–Crippen MR) is 131 cm³/mol. The average molecular weight is 494 g/mol. The Bertz CT molecular complexity index is 998. The fourth-order valence-corrected chi connectivity index (χ4v) is 3.29. The maximum atomic E-state index is 13.8. The molecule has 0 atom stereocenters. The van der Waals surface area contributed by atoms with E-state index in [0.29, 0.717) is 6.54 Å². The number of hydrogen-bond donors (Lipinski definition) is 4. The molecule has 11 heteroatoms. The van der Waals surface area contributed by atoms with E-state index in [4.69, 9.17) is 17.0 Å². The van der Waals surface area contributed by atoms with Gasteiger partial charge < -0.3 is 20.3 Å². The molecule has 0 saturated carbocycles. The second-order valence-corrected chi connectivity index (χ2v) is 7.59. The summed E-state index contributed by atoms with van der Waals surface area (Å²) in [5.74, 6) is -3.31. The molecule has 2 aromatic carbocycles. The van der Waals surface area contributed by atoms with Gasteiger partial charge in [-0.2, -0.15) is 0 Å². The fourth-order valence-electron chi connectivity index (χ4n) is 3.13. The Balaban J connectivity index is 1.92. The molecule has 4 N–H and O–H groups in total. The number of nitrogens with one attached hydrogen (secondary N) is 4. The molecule has 2 amide bonds. The van der Waals surface area contributed by atoms with Crippen LogP contribution in [-0.2, 0) is 0 Å². The number of methoxy groups -OCH3 is 1. The van der Waals surface area contributed by atoms with E-state index in [1.54, 1.807) is 0 Å². The van der Waals surface area contributed by atoms with Crippen LogP contribution in [0.15, 0.2) is 36.4 Å². The van der Waals surface area contributed by atoms with Gasteiger partial charge in [0.25, 0.3) is 11.8 Å². The summed E-state index contributed by atoms with van der Waals surface area (Å²) in [5.41, 5.74) is 4.76. The van der Waals surface area contributed by atoms with Crippen molar-refractivity contribution in [2.24, 2.45) is 0 Å². The van der Waals surface area contributed by atoms with Gasteiger partial charge in [0, 0.05) is 18.3 Å². The molecule has 2 rings (SSSR count). The van der Waals surface area contributed by atoms with E-state index in [-0.39, 0.29) is 22.1 Å². The third-order valence-corrected chi connectivity index (χ3v) is 5.26. The van der Waals surface area contributed by atoms with E-state index in [1.165, 1.54) is 31.4 Å². The lowest BCUT2D eigenvalue weighted by Crippen LogP contribution is -2.47. The Hall–Kier alpha value is -3.31. The number of rotatable bonds is 10. The summed E-state index contributed by atoms with van der Waals surface area (Å²) in [6.07, 6.45) is 0.898. The fraction of sp³-hybridized carbons (Fsp3) is 0.348. The number of anilines is 1. The zero-order valence-electron chi connectivity index (χ0n) is 19.3. The molecule has 0 aliphatic carbocycles. The van der Waals surface area contributed by atoms with Crippen LogP contribution in [0.25, 0.3) is 0 Å². The monoisotopic (exact) mass is 493 g/mol. The molecule has 8 nitrogen and oxygen atoms in total. The molecule has 0 aliphatic heterocycles. The first kappa shape index (κ1) is 26.9. The second kappa shape index (κ2) is 13.4.